The van der Waals surface area contributed by atoms with Crippen LogP contribution in [0.15, 0.2) is 91.0 Å². The first kappa shape index (κ1) is 23.7. The van der Waals surface area contributed by atoms with Crippen molar-refractivity contribution in [2.45, 2.75) is 69.5 Å². The summed E-state index contributed by atoms with van der Waals surface area (Å²) in [4.78, 5) is 0. The lowest BCUT2D eigenvalue weighted by Crippen LogP contribution is -2.26. The Morgan fingerprint density at radius 3 is 1.23 bits per heavy atom. The summed E-state index contributed by atoms with van der Waals surface area (Å²) in [5, 5.41) is 0. The van der Waals surface area contributed by atoms with Gasteiger partial charge < -0.3 is 0 Å². The Hall–Kier alpha value is -1.99. The summed E-state index contributed by atoms with van der Waals surface area (Å²) in [5.74, 6) is 1.18. The lowest BCUT2D eigenvalue weighted by molar-refractivity contribution is 0.573. The molecule has 0 N–H and O–H groups in total. The predicted molar refractivity (Wildman–Crippen MR) is 139 cm³/mol. The molecule has 3 aromatic rings. The molecule has 0 saturated heterocycles. The molecule has 0 atom stereocenters. The summed E-state index contributed by atoms with van der Waals surface area (Å²) in [6.45, 7) is 2.29. The van der Waals surface area contributed by atoms with Gasteiger partial charge in [0.05, 0.1) is 4.75 Å². The topological polar surface area (TPSA) is 0 Å². The minimum Gasteiger partial charge on any atom is -0.141 e. The van der Waals surface area contributed by atoms with Crippen molar-refractivity contribution in [3.63, 3.8) is 0 Å². The molecule has 0 aliphatic rings. The van der Waals surface area contributed by atoms with Gasteiger partial charge in [0, 0.05) is 0 Å². The first-order valence-corrected chi connectivity index (χ1v) is 13.2. The summed E-state index contributed by atoms with van der Waals surface area (Å²) in [6.07, 6.45) is 12.4. The first-order chi connectivity index (χ1) is 15.4. The van der Waals surface area contributed by atoms with Gasteiger partial charge in [0.25, 0.3) is 0 Å². The molecule has 0 aliphatic heterocycles. The van der Waals surface area contributed by atoms with Crippen LogP contribution < -0.4 is 0 Å². The molecular formula is C30H38S. The van der Waals surface area contributed by atoms with E-state index in [4.69, 9.17) is 0 Å². The number of benzene rings is 3. The highest BCUT2D eigenvalue weighted by Gasteiger charge is 2.36. The minimum atomic E-state index is -0.163. The monoisotopic (exact) mass is 430 g/mol. The van der Waals surface area contributed by atoms with Crippen LogP contribution in [0.25, 0.3) is 0 Å². The molecule has 0 unspecified atom stereocenters. The van der Waals surface area contributed by atoms with Crippen LogP contribution in [-0.2, 0) is 4.75 Å². The molecule has 0 nitrogen and oxygen atoms in total. The number of hydrogen-bond donors (Lipinski definition) is 0. The van der Waals surface area contributed by atoms with Crippen LogP contribution >= 0.6 is 11.8 Å². The highest BCUT2D eigenvalue weighted by Crippen LogP contribution is 2.48. The summed E-state index contributed by atoms with van der Waals surface area (Å²) < 4.78 is -0.163. The second kappa shape index (κ2) is 13.4. The van der Waals surface area contributed by atoms with E-state index in [1.807, 2.05) is 0 Å². The molecule has 0 amide bonds. The number of unbranched alkanes of at least 4 members (excludes halogenated alkanes) is 8. The van der Waals surface area contributed by atoms with E-state index in [2.05, 4.69) is 110 Å². The van der Waals surface area contributed by atoms with Crippen LogP contribution in [0.2, 0.25) is 0 Å². The molecule has 0 bridgehead atoms. The van der Waals surface area contributed by atoms with Crippen LogP contribution in [0, 0.1) is 0 Å². The summed E-state index contributed by atoms with van der Waals surface area (Å²) >= 11 is 2.10. The Balaban J connectivity index is 1.70. The van der Waals surface area contributed by atoms with Crippen molar-refractivity contribution in [2.24, 2.45) is 0 Å². The van der Waals surface area contributed by atoms with Crippen molar-refractivity contribution in [3.8, 4) is 0 Å². The van der Waals surface area contributed by atoms with E-state index in [-0.39, 0.29) is 4.75 Å². The third-order valence-electron chi connectivity index (χ3n) is 6.11. The summed E-state index contributed by atoms with van der Waals surface area (Å²) in [7, 11) is 0. The Labute approximate surface area is 194 Å². The molecule has 3 rings (SSSR count). The fraction of sp³-hybridized carbons (Fsp3) is 0.400. The fourth-order valence-corrected chi connectivity index (χ4v) is 5.97. The highest BCUT2D eigenvalue weighted by molar-refractivity contribution is 8.00. The van der Waals surface area contributed by atoms with Gasteiger partial charge in [0.1, 0.15) is 0 Å². The van der Waals surface area contributed by atoms with Gasteiger partial charge in [-0.3, -0.25) is 0 Å². The van der Waals surface area contributed by atoms with E-state index in [1.165, 1.54) is 80.2 Å². The van der Waals surface area contributed by atoms with E-state index in [0.29, 0.717) is 0 Å². The molecule has 31 heavy (non-hydrogen) atoms. The van der Waals surface area contributed by atoms with Gasteiger partial charge in [-0.15, -0.1) is 11.8 Å². The largest absolute Gasteiger partial charge is 0.141 e. The number of hydrogen-bond acceptors (Lipinski definition) is 1. The van der Waals surface area contributed by atoms with Crippen molar-refractivity contribution in [3.05, 3.63) is 108 Å². The molecule has 0 spiro atoms. The second-order valence-corrected chi connectivity index (χ2v) is 9.77. The van der Waals surface area contributed by atoms with Gasteiger partial charge in [-0.1, -0.05) is 149 Å². The quantitative estimate of drug-likeness (QED) is 0.181. The lowest BCUT2D eigenvalue weighted by Gasteiger charge is -2.35. The molecule has 0 heterocycles. The van der Waals surface area contributed by atoms with Crippen molar-refractivity contribution < 1.29 is 0 Å². The maximum atomic E-state index is 2.29. The normalized spacial score (nSPS) is 11.5. The van der Waals surface area contributed by atoms with Gasteiger partial charge in [0.15, 0.2) is 0 Å². The average molecular weight is 431 g/mol. The van der Waals surface area contributed by atoms with Crippen LogP contribution in [0.3, 0.4) is 0 Å². The van der Waals surface area contributed by atoms with Gasteiger partial charge in [0.2, 0.25) is 0 Å². The molecule has 0 radical (unpaired) electrons. The van der Waals surface area contributed by atoms with Gasteiger partial charge in [-0.25, -0.2) is 0 Å². The first-order valence-electron chi connectivity index (χ1n) is 12.2. The van der Waals surface area contributed by atoms with E-state index < -0.39 is 0 Å². The van der Waals surface area contributed by atoms with Crippen molar-refractivity contribution in [2.75, 3.05) is 5.75 Å². The van der Waals surface area contributed by atoms with E-state index in [9.17, 15) is 0 Å². The Morgan fingerprint density at radius 1 is 0.484 bits per heavy atom. The number of thioether (sulfide) groups is 1. The maximum absolute atomic E-state index is 2.29. The predicted octanol–water partition coefficient (Wildman–Crippen LogP) is 9.24. The smallest absolute Gasteiger partial charge is 0.0906 e. The molecule has 0 aromatic heterocycles. The SMILES string of the molecule is CCCCCCCCCCCSC(c1ccccc1)(c1ccccc1)c1ccccc1. The third-order valence-corrected chi connectivity index (χ3v) is 7.74. The van der Waals surface area contributed by atoms with Crippen LogP contribution in [0.1, 0.15) is 81.4 Å². The zero-order chi connectivity index (χ0) is 21.6. The van der Waals surface area contributed by atoms with Crippen molar-refractivity contribution >= 4 is 11.8 Å². The summed E-state index contributed by atoms with van der Waals surface area (Å²) in [5.41, 5.74) is 4.11. The van der Waals surface area contributed by atoms with E-state index in [1.54, 1.807) is 0 Å². The van der Waals surface area contributed by atoms with Crippen molar-refractivity contribution in [1.82, 2.24) is 0 Å². The molecule has 0 aliphatic carbocycles. The Morgan fingerprint density at radius 2 is 0.839 bits per heavy atom. The highest BCUT2D eigenvalue weighted by atomic mass is 32.2. The van der Waals surface area contributed by atoms with Crippen LogP contribution in [0.5, 0.6) is 0 Å². The lowest BCUT2D eigenvalue weighted by atomic mass is 9.84. The minimum absolute atomic E-state index is 0.163. The maximum Gasteiger partial charge on any atom is 0.0906 e. The van der Waals surface area contributed by atoms with E-state index in [0.717, 1.165) is 0 Å². The molecule has 1 heteroatoms. The molecule has 0 saturated carbocycles. The van der Waals surface area contributed by atoms with Gasteiger partial charge >= 0.3 is 0 Å². The van der Waals surface area contributed by atoms with Gasteiger partial charge in [-0.05, 0) is 28.9 Å². The Bertz CT molecular complexity index is 729. The number of rotatable bonds is 14. The summed E-state index contributed by atoms with van der Waals surface area (Å²) in [6, 6.07) is 33.2. The zero-order valence-electron chi connectivity index (χ0n) is 19.1. The second-order valence-electron chi connectivity index (χ2n) is 8.46. The molecule has 164 valence electrons. The molecule has 3 aromatic carbocycles. The average Bonchev–Trinajstić information content (AvgIpc) is 2.84. The standard InChI is InChI=1S/C30H38S/c1-2-3-4-5-6-7-8-9-19-26-31-30(27-20-13-10-14-21-27,28-22-15-11-16-23-28)29-24-17-12-18-25-29/h10-18,20-25H,2-9,19,26H2,1H3. The third kappa shape index (κ3) is 6.74. The molecule has 0 fully saturated rings. The van der Waals surface area contributed by atoms with Crippen molar-refractivity contribution in [1.29, 1.82) is 0 Å². The molecular weight excluding hydrogens is 392 g/mol. The van der Waals surface area contributed by atoms with Gasteiger partial charge in [-0.2, -0.15) is 0 Å². The zero-order valence-corrected chi connectivity index (χ0v) is 20.0. The van der Waals surface area contributed by atoms with Crippen LogP contribution in [-0.4, -0.2) is 5.75 Å². The fourth-order valence-electron chi connectivity index (χ4n) is 4.41. The Kier molecular flexibility index (Phi) is 10.3. The van der Waals surface area contributed by atoms with Crippen LogP contribution in [0.4, 0.5) is 0 Å². The van der Waals surface area contributed by atoms with E-state index >= 15 is 0 Å².